The van der Waals surface area contributed by atoms with E-state index in [0.29, 0.717) is 13.0 Å². The first-order valence-electron chi connectivity index (χ1n) is 8.27. The van der Waals surface area contributed by atoms with Crippen LogP contribution in [0.1, 0.15) is 26.2 Å². The third kappa shape index (κ3) is 2.03. The molecule has 0 saturated carbocycles. The van der Waals surface area contributed by atoms with Gasteiger partial charge in [0.25, 0.3) is 11.8 Å². The predicted octanol–water partition coefficient (Wildman–Crippen LogP) is 1.89. The van der Waals surface area contributed by atoms with Crippen LogP contribution in [0.3, 0.4) is 0 Å². The van der Waals surface area contributed by atoms with E-state index in [1.807, 2.05) is 0 Å². The Morgan fingerprint density at radius 2 is 1.80 bits per heavy atom. The molecule has 4 rings (SSSR count). The van der Waals surface area contributed by atoms with Crippen molar-refractivity contribution in [3.63, 3.8) is 0 Å². The molecular weight excluding hydrogens is 332 g/mol. The first-order valence-corrected chi connectivity index (χ1v) is 8.27. The number of anilines is 1. The Morgan fingerprint density at radius 1 is 1.12 bits per heavy atom. The number of carbonyl (C=O) groups excluding carboxylic acids is 3. The number of nitrogens with zero attached hydrogens (tertiary/aromatic N) is 3. The van der Waals surface area contributed by atoms with Gasteiger partial charge in [0.05, 0.1) is 0 Å². The lowest BCUT2D eigenvalue weighted by Gasteiger charge is -2.23. The van der Waals surface area contributed by atoms with Gasteiger partial charge in [-0.05, 0) is 38.3 Å². The third-order valence-corrected chi connectivity index (χ3v) is 5.45. The van der Waals surface area contributed by atoms with Gasteiger partial charge in [0.15, 0.2) is 0 Å². The first-order chi connectivity index (χ1) is 11.9. The summed E-state index contributed by atoms with van der Waals surface area (Å²) in [4.78, 5) is 41.6. The summed E-state index contributed by atoms with van der Waals surface area (Å²) in [6, 6.07) is 1.86. The molecule has 0 unspecified atom stereocenters. The van der Waals surface area contributed by atoms with E-state index in [1.54, 1.807) is 6.92 Å². The average molecular weight is 349 g/mol. The quantitative estimate of drug-likeness (QED) is 0.766. The summed E-state index contributed by atoms with van der Waals surface area (Å²) >= 11 is 0. The number of hydrogen-bond donors (Lipinski definition) is 0. The van der Waals surface area contributed by atoms with Crippen molar-refractivity contribution in [1.82, 2.24) is 9.80 Å². The highest BCUT2D eigenvalue weighted by Gasteiger charge is 2.60. The molecule has 25 heavy (non-hydrogen) atoms. The van der Waals surface area contributed by atoms with Gasteiger partial charge >= 0.3 is 6.03 Å². The van der Waals surface area contributed by atoms with Crippen LogP contribution in [-0.4, -0.2) is 52.3 Å². The van der Waals surface area contributed by atoms with Gasteiger partial charge in [-0.15, -0.1) is 0 Å². The van der Waals surface area contributed by atoms with Crippen LogP contribution in [0.2, 0.25) is 0 Å². The molecule has 3 saturated heterocycles. The monoisotopic (exact) mass is 349 g/mol. The second-order valence-corrected chi connectivity index (χ2v) is 6.85. The molecule has 1 aromatic rings. The lowest BCUT2D eigenvalue weighted by Crippen LogP contribution is -2.47. The number of benzene rings is 1. The molecule has 3 fully saturated rings. The van der Waals surface area contributed by atoms with Crippen LogP contribution in [0.25, 0.3) is 0 Å². The van der Waals surface area contributed by atoms with Gasteiger partial charge in [-0.25, -0.2) is 18.5 Å². The molecule has 2 atom stereocenters. The highest BCUT2D eigenvalue weighted by molar-refractivity contribution is 6.12. The molecule has 0 bridgehead atoms. The van der Waals surface area contributed by atoms with Crippen molar-refractivity contribution >= 4 is 23.5 Å². The van der Waals surface area contributed by atoms with E-state index in [2.05, 4.69) is 0 Å². The van der Waals surface area contributed by atoms with Gasteiger partial charge in [0.1, 0.15) is 28.9 Å². The van der Waals surface area contributed by atoms with Crippen LogP contribution in [0.15, 0.2) is 18.2 Å². The second kappa shape index (κ2) is 5.24. The van der Waals surface area contributed by atoms with E-state index in [0.717, 1.165) is 28.4 Å². The van der Waals surface area contributed by atoms with Crippen molar-refractivity contribution in [3.8, 4) is 0 Å². The molecule has 0 N–H and O–H groups in total. The number of carbonyl (C=O) groups is 3. The number of halogens is 2. The van der Waals surface area contributed by atoms with Crippen molar-refractivity contribution in [2.24, 2.45) is 0 Å². The fourth-order valence-electron chi connectivity index (χ4n) is 4.12. The van der Waals surface area contributed by atoms with E-state index >= 15 is 0 Å². The number of fused-ring (bicyclic) bond motifs is 1. The fraction of sp³-hybridized carbons (Fsp3) is 0.471. The zero-order valence-corrected chi connectivity index (χ0v) is 13.7. The third-order valence-electron chi connectivity index (χ3n) is 5.45. The Labute approximate surface area is 143 Å². The molecule has 3 aliphatic rings. The Bertz CT molecular complexity index is 779. The zero-order valence-electron chi connectivity index (χ0n) is 13.7. The molecule has 0 aromatic heterocycles. The topological polar surface area (TPSA) is 60.9 Å². The lowest BCUT2D eigenvalue weighted by molar-refractivity contribution is -0.136. The smallest absolute Gasteiger partial charge is 0.310 e. The van der Waals surface area contributed by atoms with Crippen molar-refractivity contribution in [2.45, 2.75) is 37.8 Å². The number of hydrogen-bond acceptors (Lipinski definition) is 3. The zero-order chi connectivity index (χ0) is 17.9. The van der Waals surface area contributed by atoms with Gasteiger partial charge in [-0.2, -0.15) is 0 Å². The van der Waals surface area contributed by atoms with Crippen LogP contribution in [0.5, 0.6) is 0 Å². The number of rotatable bonds is 2. The minimum Gasteiger partial charge on any atom is -0.310 e. The summed E-state index contributed by atoms with van der Waals surface area (Å²) in [6.45, 7) is 2.23. The number of para-hydroxylation sites is 1. The lowest BCUT2D eigenvalue weighted by atomic mass is 9.99. The minimum atomic E-state index is -1.01. The fourth-order valence-corrected chi connectivity index (χ4v) is 4.12. The summed E-state index contributed by atoms with van der Waals surface area (Å²) in [6.07, 6.45) is 1.46. The van der Waals surface area contributed by atoms with Crippen molar-refractivity contribution in [2.75, 3.05) is 18.0 Å². The molecule has 1 aromatic carbocycles. The van der Waals surface area contributed by atoms with Gasteiger partial charge in [-0.1, -0.05) is 6.07 Å². The largest absolute Gasteiger partial charge is 0.328 e. The highest BCUT2D eigenvalue weighted by Crippen LogP contribution is 2.40. The molecule has 3 aliphatic heterocycles. The van der Waals surface area contributed by atoms with E-state index in [4.69, 9.17) is 0 Å². The maximum Gasteiger partial charge on any atom is 0.328 e. The molecule has 8 heteroatoms. The maximum atomic E-state index is 14.0. The van der Waals surface area contributed by atoms with Crippen LogP contribution in [0, 0.1) is 11.6 Å². The average Bonchev–Trinajstić information content (AvgIpc) is 3.17. The Balaban J connectivity index is 1.65. The standard InChI is InChI=1S/C17H17F2N3O3/c1-17-7-3-8-21(17)16(25)22(15(17)24)12-6-9-20(14(12)23)13-10(18)4-2-5-11(13)19/h2,4-5,12H,3,6-9H2,1H3/t12-,17-/m0/s1. The van der Waals surface area contributed by atoms with Crippen molar-refractivity contribution in [3.05, 3.63) is 29.8 Å². The maximum absolute atomic E-state index is 14.0. The first kappa shape index (κ1) is 16.0. The van der Waals surface area contributed by atoms with Crippen LogP contribution < -0.4 is 4.90 Å². The molecule has 4 amide bonds. The van der Waals surface area contributed by atoms with Crippen LogP contribution in [0.4, 0.5) is 19.3 Å². The minimum absolute atomic E-state index is 0.0507. The highest BCUT2D eigenvalue weighted by atomic mass is 19.1. The molecule has 6 nitrogen and oxygen atoms in total. The molecule has 0 aliphatic carbocycles. The summed E-state index contributed by atoms with van der Waals surface area (Å²) in [5, 5.41) is 0. The Kier molecular flexibility index (Phi) is 3.35. The summed E-state index contributed by atoms with van der Waals surface area (Å²) < 4.78 is 28.0. The molecular formula is C17H17F2N3O3. The van der Waals surface area contributed by atoms with Gasteiger partial charge < -0.3 is 9.80 Å². The second-order valence-electron chi connectivity index (χ2n) is 6.85. The predicted molar refractivity (Wildman–Crippen MR) is 83.7 cm³/mol. The van der Waals surface area contributed by atoms with Gasteiger partial charge in [-0.3, -0.25) is 9.59 Å². The number of urea groups is 1. The van der Waals surface area contributed by atoms with E-state index in [1.165, 1.54) is 11.0 Å². The number of imide groups is 1. The normalized spacial score (nSPS) is 29.2. The van der Waals surface area contributed by atoms with Crippen LogP contribution in [-0.2, 0) is 9.59 Å². The summed E-state index contributed by atoms with van der Waals surface area (Å²) in [5.41, 5.74) is -1.34. The Hall–Kier alpha value is -2.51. The molecule has 0 radical (unpaired) electrons. The molecule has 3 heterocycles. The van der Waals surface area contributed by atoms with Crippen LogP contribution >= 0.6 is 0 Å². The summed E-state index contributed by atoms with van der Waals surface area (Å²) in [5.74, 6) is -2.72. The molecule has 132 valence electrons. The SMILES string of the molecule is C[C@@]12CCCN1C(=O)N([C@H]1CCN(c3c(F)cccc3F)C1=O)C2=O. The number of amides is 4. The van der Waals surface area contributed by atoms with E-state index in [9.17, 15) is 23.2 Å². The molecule has 0 spiro atoms. The van der Waals surface area contributed by atoms with Gasteiger partial charge in [0, 0.05) is 13.1 Å². The Morgan fingerprint density at radius 3 is 2.44 bits per heavy atom. The van der Waals surface area contributed by atoms with Gasteiger partial charge in [0.2, 0.25) is 0 Å². The summed E-state index contributed by atoms with van der Waals surface area (Å²) in [7, 11) is 0. The van der Waals surface area contributed by atoms with Crippen molar-refractivity contribution < 1.29 is 23.2 Å². The van der Waals surface area contributed by atoms with E-state index < -0.39 is 46.7 Å². The van der Waals surface area contributed by atoms with E-state index in [-0.39, 0.29) is 13.0 Å². The van der Waals surface area contributed by atoms with Crippen molar-refractivity contribution in [1.29, 1.82) is 0 Å².